The topological polar surface area (TPSA) is 24.5 Å². The molecule has 3 heteroatoms. The van der Waals surface area contributed by atoms with Crippen molar-refractivity contribution in [1.82, 2.24) is 10.2 Å². The molecule has 0 aromatic carbocycles. The normalized spacial score (nSPS) is 20.4. The molecule has 1 rings (SSSR count). The number of nitrogens with zero attached hydrogens (tertiary/aromatic N) is 1. The highest BCUT2D eigenvalue weighted by Gasteiger charge is 2.22. The minimum Gasteiger partial charge on any atom is -0.381 e. The zero-order valence-corrected chi connectivity index (χ0v) is 9.97. The molecule has 1 N–H and O–H groups in total. The van der Waals surface area contributed by atoms with Gasteiger partial charge in [-0.1, -0.05) is 0 Å². The highest BCUT2D eigenvalue weighted by molar-refractivity contribution is 4.82. The van der Waals surface area contributed by atoms with E-state index in [-0.39, 0.29) is 5.54 Å². The van der Waals surface area contributed by atoms with Crippen molar-refractivity contribution < 1.29 is 4.74 Å². The van der Waals surface area contributed by atoms with Crippen molar-refractivity contribution in [2.45, 2.75) is 38.3 Å². The Balaban J connectivity index is 2.24. The molecule has 0 spiro atoms. The average molecular weight is 200 g/mol. The molecule has 14 heavy (non-hydrogen) atoms. The van der Waals surface area contributed by atoms with Crippen molar-refractivity contribution in [3.05, 3.63) is 0 Å². The van der Waals surface area contributed by atoms with E-state index < -0.39 is 0 Å². The number of hydrogen-bond acceptors (Lipinski definition) is 3. The summed E-state index contributed by atoms with van der Waals surface area (Å²) in [6, 6.07) is 0.656. The molecule has 0 saturated carbocycles. The van der Waals surface area contributed by atoms with Gasteiger partial charge in [-0.05, 0) is 40.8 Å². The molecule has 0 amide bonds. The Morgan fingerprint density at radius 3 is 2.36 bits per heavy atom. The van der Waals surface area contributed by atoms with Gasteiger partial charge in [0.2, 0.25) is 0 Å². The lowest BCUT2D eigenvalue weighted by Gasteiger charge is -2.35. The van der Waals surface area contributed by atoms with E-state index in [0.717, 1.165) is 32.6 Å². The number of rotatable bonds is 4. The monoisotopic (exact) mass is 200 g/mol. The number of hydrogen-bond donors (Lipinski definition) is 1. The van der Waals surface area contributed by atoms with Crippen LogP contribution in [-0.4, -0.2) is 50.3 Å². The van der Waals surface area contributed by atoms with E-state index >= 15 is 0 Å². The van der Waals surface area contributed by atoms with Gasteiger partial charge in [-0.15, -0.1) is 0 Å². The summed E-state index contributed by atoms with van der Waals surface area (Å²) in [5.41, 5.74) is 0.234. The summed E-state index contributed by atoms with van der Waals surface area (Å²) < 4.78 is 5.33. The fourth-order valence-electron chi connectivity index (χ4n) is 1.45. The minimum absolute atomic E-state index is 0.234. The van der Waals surface area contributed by atoms with Gasteiger partial charge < -0.3 is 15.0 Å². The van der Waals surface area contributed by atoms with Crippen LogP contribution in [0.3, 0.4) is 0 Å². The number of ether oxygens (including phenoxy) is 1. The molecule has 1 aliphatic heterocycles. The van der Waals surface area contributed by atoms with E-state index in [0.29, 0.717) is 6.04 Å². The van der Waals surface area contributed by atoms with Crippen LogP contribution in [0.15, 0.2) is 0 Å². The van der Waals surface area contributed by atoms with Crippen LogP contribution in [0.25, 0.3) is 0 Å². The first kappa shape index (κ1) is 12.0. The molecular formula is C11H24N2O. The summed E-state index contributed by atoms with van der Waals surface area (Å²) in [4.78, 5) is 2.26. The van der Waals surface area contributed by atoms with Crippen LogP contribution in [0.4, 0.5) is 0 Å². The average Bonchev–Trinajstić information content (AvgIpc) is 2.16. The van der Waals surface area contributed by atoms with Crippen molar-refractivity contribution in [3.63, 3.8) is 0 Å². The number of likely N-dealkylation sites (N-methyl/N-ethyl adjacent to an activating group) is 1. The molecule has 0 atom stereocenters. The predicted octanol–water partition coefficient (Wildman–Crippen LogP) is 1.10. The van der Waals surface area contributed by atoms with Gasteiger partial charge >= 0.3 is 0 Å². The van der Waals surface area contributed by atoms with Crippen LogP contribution in [0.2, 0.25) is 0 Å². The maximum atomic E-state index is 5.33. The van der Waals surface area contributed by atoms with E-state index in [1.54, 1.807) is 0 Å². The minimum atomic E-state index is 0.234. The van der Waals surface area contributed by atoms with Crippen LogP contribution in [0.5, 0.6) is 0 Å². The standard InChI is InChI=1S/C11H24N2O/c1-11(2,13(3)4)9-12-10-5-7-14-8-6-10/h10,12H,5-9H2,1-4H3. The molecule has 0 unspecified atom stereocenters. The summed E-state index contributed by atoms with van der Waals surface area (Å²) >= 11 is 0. The first-order valence-electron chi connectivity index (χ1n) is 5.51. The lowest BCUT2D eigenvalue weighted by atomic mass is 10.0. The highest BCUT2D eigenvalue weighted by atomic mass is 16.5. The molecule has 0 aromatic rings. The van der Waals surface area contributed by atoms with E-state index in [4.69, 9.17) is 4.74 Å². The molecular weight excluding hydrogens is 176 g/mol. The second-order valence-electron chi connectivity index (χ2n) is 4.97. The van der Waals surface area contributed by atoms with Crippen LogP contribution in [0, 0.1) is 0 Å². The van der Waals surface area contributed by atoms with Gasteiger partial charge in [-0.2, -0.15) is 0 Å². The van der Waals surface area contributed by atoms with Crippen molar-refractivity contribution in [2.75, 3.05) is 33.9 Å². The lowest BCUT2D eigenvalue weighted by Crippen LogP contribution is -2.50. The summed E-state index contributed by atoms with van der Waals surface area (Å²) in [6.07, 6.45) is 2.31. The van der Waals surface area contributed by atoms with E-state index in [2.05, 4.69) is 38.2 Å². The lowest BCUT2D eigenvalue weighted by molar-refractivity contribution is 0.0726. The third-order valence-corrected chi connectivity index (χ3v) is 3.26. The van der Waals surface area contributed by atoms with Crippen LogP contribution >= 0.6 is 0 Å². The molecule has 1 saturated heterocycles. The molecule has 0 bridgehead atoms. The fourth-order valence-corrected chi connectivity index (χ4v) is 1.45. The van der Waals surface area contributed by atoms with E-state index in [9.17, 15) is 0 Å². The van der Waals surface area contributed by atoms with Crippen LogP contribution < -0.4 is 5.32 Å². The van der Waals surface area contributed by atoms with Crippen molar-refractivity contribution in [2.24, 2.45) is 0 Å². The second kappa shape index (κ2) is 5.10. The SMILES string of the molecule is CN(C)C(C)(C)CNC1CCOCC1. The molecule has 1 fully saturated rings. The Hall–Kier alpha value is -0.120. The largest absolute Gasteiger partial charge is 0.381 e. The first-order valence-corrected chi connectivity index (χ1v) is 5.51. The Morgan fingerprint density at radius 2 is 1.86 bits per heavy atom. The summed E-state index contributed by atoms with van der Waals surface area (Å²) in [6.45, 7) is 7.41. The Kier molecular flexibility index (Phi) is 4.35. The van der Waals surface area contributed by atoms with Crippen molar-refractivity contribution in [1.29, 1.82) is 0 Å². The molecule has 3 nitrogen and oxygen atoms in total. The maximum absolute atomic E-state index is 5.33. The van der Waals surface area contributed by atoms with Gasteiger partial charge in [0.15, 0.2) is 0 Å². The van der Waals surface area contributed by atoms with Crippen LogP contribution in [-0.2, 0) is 4.74 Å². The van der Waals surface area contributed by atoms with Crippen LogP contribution in [0.1, 0.15) is 26.7 Å². The second-order valence-corrected chi connectivity index (χ2v) is 4.97. The Bertz CT molecular complexity index is 163. The first-order chi connectivity index (χ1) is 6.52. The van der Waals surface area contributed by atoms with Gasteiger partial charge in [0.1, 0.15) is 0 Å². The Morgan fingerprint density at radius 1 is 1.29 bits per heavy atom. The van der Waals surface area contributed by atoms with E-state index in [1.165, 1.54) is 0 Å². The van der Waals surface area contributed by atoms with Gasteiger partial charge in [-0.3, -0.25) is 0 Å². The zero-order chi connectivity index (χ0) is 10.6. The van der Waals surface area contributed by atoms with Gasteiger partial charge in [0.25, 0.3) is 0 Å². The van der Waals surface area contributed by atoms with Gasteiger partial charge in [-0.25, -0.2) is 0 Å². The zero-order valence-electron chi connectivity index (χ0n) is 9.97. The molecule has 0 aromatic heterocycles. The highest BCUT2D eigenvalue weighted by Crippen LogP contribution is 2.11. The smallest absolute Gasteiger partial charge is 0.0480 e. The molecule has 84 valence electrons. The summed E-state index contributed by atoms with van der Waals surface area (Å²) in [5.74, 6) is 0. The summed E-state index contributed by atoms with van der Waals surface area (Å²) in [7, 11) is 4.26. The maximum Gasteiger partial charge on any atom is 0.0480 e. The quantitative estimate of drug-likeness (QED) is 0.735. The third-order valence-electron chi connectivity index (χ3n) is 3.26. The van der Waals surface area contributed by atoms with Gasteiger partial charge in [0, 0.05) is 31.3 Å². The van der Waals surface area contributed by atoms with Crippen molar-refractivity contribution >= 4 is 0 Å². The Labute approximate surface area is 87.8 Å². The third kappa shape index (κ3) is 3.56. The molecule has 0 radical (unpaired) electrons. The number of nitrogens with one attached hydrogen (secondary N) is 1. The predicted molar refractivity (Wildman–Crippen MR) is 59.6 cm³/mol. The van der Waals surface area contributed by atoms with Gasteiger partial charge in [0.05, 0.1) is 0 Å². The molecule has 0 aliphatic carbocycles. The summed E-state index contributed by atoms with van der Waals surface area (Å²) in [5, 5.41) is 3.62. The van der Waals surface area contributed by atoms with Crippen molar-refractivity contribution in [3.8, 4) is 0 Å². The molecule has 1 aliphatic rings. The molecule has 1 heterocycles. The van der Waals surface area contributed by atoms with E-state index in [1.807, 2.05) is 0 Å². The fraction of sp³-hybridized carbons (Fsp3) is 1.00.